The van der Waals surface area contributed by atoms with Gasteiger partial charge < -0.3 is 25.2 Å². The van der Waals surface area contributed by atoms with Crippen LogP contribution in [0.15, 0.2) is 48.5 Å². The van der Waals surface area contributed by atoms with Crippen molar-refractivity contribution in [2.75, 3.05) is 20.3 Å². The Balaban J connectivity index is 1.31. The molecule has 1 fully saturated rings. The zero-order valence-corrected chi connectivity index (χ0v) is 20.0. The monoisotopic (exact) mass is 480 g/mol. The van der Waals surface area contributed by atoms with Crippen molar-refractivity contribution in [3.05, 3.63) is 59.7 Å². The molecule has 35 heavy (non-hydrogen) atoms. The van der Waals surface area contributed by atoms with Gasteiger partial charge in [-0.3, -0.25) is 4.79 Å². The Bertz CT molecular complexity index is 1040. The van der Waals surface area contributed by atoms with Gasteiger partial charge in [0.15, 0.2) is 6.04 Å². The number of hydrogen-bond acceptors (Lipinski definition) is 5. The third kappa shape index (κ3) is 5.32. The number of aliphatic carboxylic acids is 1. The number of rotatable bonds is 9. The minimum atomic E-state index is -1.14. The molecule has 4 atom stereocenters. The van der Waals surface area contributed by atoms with Gasteiger partial charge in [0.1, 0.15) is 6.61 Å². The SMILES string of the molecule is COC(C)C(NC(=O)C1CCCC1CNC(=O)OCC1c2ccccc2-c2ccccc21)C(=O)O. The molecule has 0 bridgehead atoms. The molecule has 0 aliphatic heterocycles. The number of carboxylic acids is 1. The van der Waals surface area contributed by atoms with E-state index in [1.165, 1.54) is 18.2 Å². The smallest absolute Gasteiger partial charge is 0.407 e. The van der Waals surface area contributed by atoms with Gasteiger partial charge >= 0.3 is 12.1 Å². The lowest BCUT2D eigenvalue weighted by atomic mass is 9.94. The van der Waals surface area contributed by atoms with Crippen LogP contribution in [0.4, 0.5) is 4.79 Å². The van der Waals surface area contributed by atoms with E-state index in [4.69, 9.17) is 9.47 Å². The molecule has 0 aromatic heterocycles. The third-order valence-electron chi connectivity index (χ3n) is 7.25. The Morgan fingerprint density at radius 3 is 2.26 bits per heavy atom. The first kappa shape index (κ1) is 24.7. The van der Waals surface area contributed by atoms with Crippen molar-refractivity contribution in [3.8, 4) is 11.1 Å². The maximum atomic E-state index is 12.8. The molecular formula is C27H32N2O6. The molecule has 0 radical (unpaired) electrons. The van der Waals surface area contributed by atoms with Gasteiger partial charge in [-0.15, -0.1) is 0 Å². The van der Waals surface area contributed by atoms with Gasteiger partial charge in [0.2, 0.25) is 5.91 Å². The highest BCUT2D eigenvalue weighted by Gasteiger charge is 2.36. The van der Waals surface area contributed by atoms with Gasteiger partial charge in [0, 0.05) is 25.5 Å². The van der Waals surface area contributed by atoms with E-state index in [9.17, 15) is 19.5 Å². The van der Waals surface area contributed by atoms with Crippen molar-refractivity contribution in [1.29, 1.82) is 0 Å². The lowest BCUT2D eigenvalue weighted by Crippen LogP contribution is -2.51. The Kier molecular flexibility index (Phi) is 7.70. The molecule has 2 aromatic rings. The molecule has 2 aliphatic carbocycles. The third-order valence-corrected chi connectivity index (χ3v) is 7.25. The number of carbonyl (C=O) groups excluding carboxylic acids is 2. The molecule has 0 spiro atoms. The van der Waals surface area contributed by atoms with Gasteiger partial charge in [-0.25, -0.2) is 9.59 Å². The minimum Gasteiger partial charge on any atom is -0.480 e. The van der Waals surface area contributed by atoms with Crippen LogP contribution in [0.25, 0.3) is 11.1 Å². The average Bonchev–Trinajstić information content (AvgIpc) is 3.47. The molecule has 8 nitrogen and oxygen atoms in total. The first-order valence-electron chi connectivity index (χ1n) is 12.1. The first-order valence-corrected chi connectivity index (χ1v) is 12.1. The molecule has 186 valence electrons. The molecule has 4 unspecified atom stereocenters. The van der Waals surface area contributed by atoms with Crippen molar-refractivity contribution in [1.82, 2.24) is 10.6 Å². The fraction of sp³-hybridized carbons (Fsp3) is 0.444. The van der Waals surface area contributed by atoms with Crippen LogP contribution in [-0.2, 0) is 19.1 Å². The average molecular weight is 481 g/mol. The van der Waals surface area contributed by atoms with Crippen LogP contribution in [0.3, 0.4) is 0 Å². The largest absolute Gasteiger partial charge is 0.480 e. The van der Waals surface area contributed by atoms with E-state index >= 15 is 0 Å². The summed E-state index contributed by atoms with van der Waals surface area (Å²) in [7, 11) is 1.41. The van der Waals surface area contributed by atoms with Gasteiger partial charge in [-0.05, 0) is 47.9 Å². The molecule has 1 saturated carbocycles. The van der Waals surface area contributed by atoms with Crippen molar-refractivity contribution in [2.24, 2.45) is 11.8 Å². The summed E-state index contributed by atoms with van der Waals surface area (Å²) < 4.78 is 10.7. The lowest BCUT2D eigenvalue weighted by Gasteiger charge is -2.24. The molecule has 2 aromatic carbocycles. The highest BCUT2D eigenvalue weighted by atomic mass is 16.5. The second-order valence-corrected chi connectivity index (χ2v) is 9.27. The van der Waals surface area contributed by atoms with Gasteiger partial charge in [-0.2, -0.15) is 0 Å². The zero-order chi connectivity index (χ0) is 24.9. The zero-order valence-electron chi connectivity index (χ0n) is 20.0. The van der Waals surface area contributed by atoms with Gasteiger partial charge in [0.05, 0.1) is 6.10 Å². The number of carboxylic acid groups (broad SMARTS) is 1. The molecule has 8 heteroatoms. The summed E-state index contributed by atoms with van der Waals surface area (Å²) in [5.41, 5.74) is 4.62. The number of carbonyl (C=O) groups is 3. The standard InChI is InChI=1S/C27H32N2O6/c1-16(34-2)24(26(31)32)29-25(30)18-13-7-8-17(18)14-28-27(33)35-15-23-21-11-5-3-9-19(21)20-10-4-6-12-22(20)23/h3-6,9-12,16-18,23-24H,7-8,13-15H2,1-2H3,(H,28,33)(H,29,30)(H,31,32). The van der Waals surface area contributed by atoms with Crippen LogP contribution in [0.1, 0.15) is 43.2 Å². The second kappa shape index (κ2) is 10.9. The van der Waals surface area contributed by atoms with Gasteiger partial charge in [0.25, 0.3) is 0 Å². The van der Waals surface area contributed by atoms with Crippen LogP contribution in [0.5, 0.6) is 0 Å². The molecule has 2 amide bonds. The predicted molar refractivity (Wildman–Crippen MR) is 130 cm³/mol. The molecule has 2 aliphatic rings. The van der Waals surface area contributed by atoms with E-state index in [1.807, 2.05) is 24.3 Å². The summed E-state index contributed by atoms with van der Waals surface area (Å²) >= 11 is 0. The van der Waals surface area contributed by atoms with Crippen LogP contribution >= 0.6 is 0 Å². The fourth-order valence-corrected chi connectivity index (χ4v) is 5.27. The topological polar surface area (TPSA) is 114 Å². The number of ether oxygens (including phenoxy) is 2. The number of hydrogen-bond donors (Lipinski definition) is 3. The number of amides is 2. The van der Waals surface area contributed by atoms with E-state index in [0.29, 0.717) is 13.0 Å². The van der Waals surface area contributed by atoms with E-state index in [-0.39, 0.29) is 30.3 Å². The van der Waals surface area contributed by atoms with Crippen LogP contribution < -0.4 is 10.6 Å². The van der Waals surface area contributed by atoms with Crippen molar-refractivity contribution in [3.63, 3.8) is 0 Å². The van der Waals surface area contributed by atoms with Crippen LogP contribution in [0, 0.1) is 11.8 Å². The molecule has 3 N–H and O–H groups in total. The predicted octanol–water partition coefficient (Wildman–Crippen LogP) is 3.55. The Morgan fingerprint density at radius 2 is 1.66 bits per heavy atom. The summed E-state index contributed by atoms with van der Waals surface area (Å²) in [6.07, 6.45) is 1.09. The number of fused-ring (bicyclic) bond motifs is 3. The number of nitrogens with one attached hydrogen (secondary N) is 2. The second-order valence-electron chi connectivity index (χ2n) is 9.27. The summed E-state index contributed by atoms with van der Waals surface area (Å²) in [5.74, 6) is -1.93. The summed E-state index contributed by atoms with van der Waals surface area (Å²) in [6, 6.07) is 15.2. The molecule has 0 saturated heterocycles. The van der Waals surface area contributed by atoms with E-state index < -0.39 is 24.2 Å². The maximum Gasteiger partial charge on any atom is 0.407 e. The highest BCUT2D eigenvalue weighted by Crippen LogP contribution is 2.44. The van der Waals surface area contributed by atoms with E-state index in [0.717, 1.165) is 24.0 Å². The summed E-state index contributed by atoms with van der Waals surface area (Å²) in [4.78, 5) is 36.8. The van der Waals surface area contributed by atoms with Crippen molar-refractivity contribution >= 4 is 18.0 Å². The first-order chi connectivity index (χ1) is 16.9. The maximum absolute atomic E-state index is 12.8. The Morgan fingerprint density at radius 1 is 1.03 bits per heavy atom. The van der Waals surface area contributed by atoms with Crippen molar-refractivity contribution in [2.45, 2.75) is 44.2 Å². The van der Waals surface area contributed by atoms with Crippen LogP contribution in [0.2, 0.25) is 0 Å². The fourth-order valence-electron chi connectivity index (χ4n) is 5.27. The van der Waals surface area contributed by atoms with Gasteiger partial charge in [-0.1, -0.05) is 55.0 Å². The number of alkyl carbamates (subject to hydrolysis) is 1. The number of benzene rings is 2. The highest BCUT2D eigenvalue weighted by molar-refractivity contribution is 5.86. The minimum absolute atomic E-state index is 0.0196. The van der Waals surface area contributed by atoms with E-state index in [2.05, 4.69) is 34.9 Å². The van der Waals surface area contributed by atoms with E-state index in [1.54, 1.807) is 6.92 Å². The molecule has 0 heterocycles. The molecular weight excluding hydrogens is 448 g/mol. The Hall–Kier alpha value is -3.39. The quantitative estimate of drug-likeness (QED) is 0.506. The van der Waals surface area contributed by atoms with Crippen molar-refractivity contribution < 1.29 is 29.0 Å². The summed E-state index contributed by atoms with van der Waals surface area (Å²) in [5, 5.41) is 14.8. The lowest BCUT2D eigenvalue weighted by molar-refractivity contribution is -0.146. The van der Waals surface area contributed by atoms with Crippen LogP contribution in [-0.4, -0.2) is 55.5 Å². The molecule has 4 rings (SSSR count). The number of methoxy groups -OCH3 is 1. The normalized spacial score (nSPS) is 20.4. The Labute approximate surface area is 205 Å². The summed E-state index contributed by atoms with van der Waals surface area (Å²) in [6.45, 7) is 2.12.